The molecule has 0 aliphatic heterocycles. The topological polar surface area (TPSA) is 78.4 Å². The Morgan fingerprint density at radius 2 is 1.95 bits per heavy atom. The van der Waals surface area contributed by atoms with Gasteiger partial charge < -0.3 is 15.7 Å². The quantitative estimate of drug-likeness (QED) is 0.803. The molecule has 0 bridgehead atoms. The Bertz CT molecular complexity index is 529. The van der Waals surface area contributed by atoms with E-state index in [0.29, 0.717) is 0 Å². The van der Waals surface area contributed by atoms with Crippen LogP contribution in [0.3, 0.4) is 0 Å². The van der Waals surface area contributed by atoms with E-state index in [1.165, 1.54) is 6.07 Å². The van der Waals surface area contributed by atoms with E-state index in [2.05, 4.69) is 10.6 Å². The first-order valence-corrected chi connectivity index (χ1v) is 6.24. The van der Waals surface area contributed by atoms with Gasteiger partial charge in [0.05, 0.1) is 10.7 Å². The molecule has 0 saturated heterocycles. The summed E-state index contributed by atoms with van der Waals surface area (Å²) in [6, 6.07) is 1.70. The molecule has 0 unspecified atom stereocenters. The number of hydrogen-bond acceptors (Lipinski definition) is 2. The fourth-order valence-electron chi connectivity index (χ4n) is 1.53. The second-order valence-electron chi connectivity index (χ2n) is 5.36. The van der Waals surface area contributed by atoms with Gasteiger partial charge in [0.1, 0.15) is 11.9 Å². The van der Waals surface area contributed by atoms with Crippen molar-refractivity contribution >= 4 is 29.3 Å². The van der Waals surface area contributed by atoms with E-state index in [9.17, 15) is 14.0 Å². The number of anilines is 1. The summed E-state index contributed by atoms with van der Waals surface area (Å²) in [6.07, 6.45) is 0. The van der Waals surface area contributed by atoms with Crippen molar-refractivity contribution in [3.05, 3.63) is 29.0 Å². The summed E-state index contributed by atoms with van der Waals surface area (Å²) < 4.78 is 12.9. The Balaban J connectivity index is 2.79. The minimum Gasteiger partial charge on any atom is -0.480 e. The molecular weight excluding hydrogens is 287 g/mol. The Hall–Kier alpha value is -1.82. The Morgan fingerprint density at radius 1 is 1.35 bits per heavy atom. The number of carboxylic acids is 1. The van der Waals surface area contributed by atoms with Gasteiger partial charge in [-0.15, -0.1) is 0 Å². The van der Waals surface area contributed by atoms with Gasteiger partial charge in [-0.1, -0.05) is 32.4 Å². The summed E-state index contributed by atoms with van der Waals surface area (Å²) in [5.74, 6) is -1.67. The molecule has 1 aromatic carbocycles. The summed E-state index contributed by atoms with van der Waals surface area (Å²) in [5, 5.41) is 13.9. The number of aliphatic carboxylic acids is 1. The summed E-state index contributed by atoms with van der Waals surface area (Å²) in [6.45, 7) is 5.07. The van der Waals surface area contributed by atoms with Crippen LogP contribution >= 0.6 is 11.6 Å². The van der Waals surface area contributed by atoms with Gasteiger partial charge in [0.2, 0.25) is 0 Å². The molecule has 7 heteroatoms. The Kier molecular flexibility index (Phi) is 4.94. The molecule has 0 saturated carbocycles. The molecule has 0 radical (unpaired) electrons. The minimum absolute atomic E-state index is 0.0304. The molecule has 3 N–H and O–H groups in total. The molecular formula is C13H16ClFN2O3. The average Bonchev–Trinajstić information content (AvgIpc) is 2.28. The minimum atomic E-state index is -1.14. The van der Waals surface area contributed by atoms with Crippen molar-refractivity contribution < 1.29 is 19.1 Å². The van der Waals surface area contributed by atoms with E-state index in [1.807, 2.05) is 0 Å². The third kappa shape index (κ3) is 4.38. The van der Waals surface area contributed by atoms with E-state index in [0.717, 1.165) is 12.1 Å². The fourth-order valence-corrected chi connectivity index (χ4v) is 1.74. The number of halogens is 2. The zero-order chi connectivity index (χ0) is 15.5. The highest BCUT2D eigenvalue weighted by atomic mass is 35.5. The number of benzene rings is 1. The van der Waals surface area contributed by atoms with E-state index in [-0.39, 0.29) is 10.7 Å². The standard InChI is InChI=1S/C13H16ClFN2O3/c1-13(2,3)10(11(18)19)17-12(20)16-9-5-4-7(15)6-8(9)14/h4-6,10H,1-3H3,(H,18,19)(H2,16,17,20)/t10-/m1/s1. The first-order chi connectivity index (χ1) is 9.11. The molecule has 2 amide bonds. The SMILES string of the molecule is CC(C)(C)[C@H](NC(=O)Nc1ccc(F)cc1Cl)C(=O)O. The average molecular weight is 303 g/mol. The van der Waals surface area contributed by atoms with Crippen LogP contribution in [0.15, 0.2) is 18.2 Å². The third-order valence-corrected chi connectivity index (χ3v) is 2.88. The van der Waals surface area contributed by atoms with Crippen LogP contribution in [0, 0.1) is 11.2 Å². The maximum absolute atomic E-state index is 12.9. The lowest BCUT2D eigenvalue weighted by Crippen LogP contribution is -2.50. The molecule has 0 heterocycles. The van der Waals surface area contributed by atoms with Crippen molar-refractivity contribution in [2.75, 3.05) is 5.32 Å². The fraction of sp³-hybridized carbons (Fsp3) is 0.385. The number of hydrogen-bond donors (Lipinski definition) is 3. The van der Waals surface area contributed by atoms with E-state index in [4.69, 9.17) is 16.7 Å². The normalized spacial score (nSPS) is 12.7. The van der Waals surface area contributed by atoms with Crippen LogP contribution in [0.4, 0.5) is 14.9 Å². The van der Waals surface area contributed by atoms with Crippen LogP contribution < -0.4 is 10.6 Å². The zero-order valence-corrected chi connectivity index (χ0v) is 12.1. The highest BCUT2D eigenvalue weighted by Crippen LogP contribution is 2.23. The van der Waals surface area contributed by atoms with Gasteiger partial charge in [-0.05, 0) is 23.6 Å². The maximum atomic E-state index is 12.9. The van der Waals surface area contributed by atoms with Gasteiger partial charge in [-0.25, -0.2) is 14.0 Å². The van der Waals surface area contributed by atoms with Crippen LogP contribution in [-0.4, -0.2) is 23.1 Å². The van der Waals surface area contributed by atoms with E-state index in [1.54, 1.807) is 20.8 Å². The molecule has 5 nitrogen and oxygen atoms in total. The molecule has 20 heavy (non-hydrogen) atoms. The van der Waals surface area contributed by atoms with E-state index >= 15 is 0 Å². The second kappa shape index (κ2) is 6.09. The number of carboxylic acid groups (broad SMARTS) is 1. The Labute approximate surface area is 121 Å². The molecule has 1 rings (SSSR count). The lowest BCUT2D eigenvalue weighted by Gasteiger charge is -2.27. The summed E-state index contributed by atoms with van der Waals surface area (Å²) in [5.41, 5.74) is -0.459. The number of rotatable bonds is 3. The lowest BCUT2D eigenvalue weighted by atomic mass is 9.87. The van der Waals surface area contributed by atoms with Crippen molar-refractivity contribution in [2.24, 2.45) is 5.41 Å². The number of carbonyl (C=O) groups is 2. The second-order valence-corrected chi connectivity index (χ2v) is 5.77. The van der Waals surface area contributed by atoms with Crippen molar-refractivity contribution in [3.8, 4) is 0 Å². The number of carbonyl (C=O) groups excluding carboxylic acids is 1. The van der Waals surface area contributed by atoms with Gasteiger partial charge in [-0.3, -0.25) is 0 Å². The van der Waals surface area contributed by atoms with E-state index < -0.39 is 29.3 Å². The monoisotopic (exact) mass is 302 g/mol. The number of urea groups is 1. The maximum Gasteiger partial charge on any atom is 0.326 e. The predicted octanol–water partition coefficient (Wildman–Crippen LogP) is 3.10. The predicted molar refractivity (Wildman–Crippen MR) is 74.4 cm³/mol. The largest absolute Gasteiger partial charge is 0.480 e. The van der Waals surface area contributed by atoms with Gasteiger partial charge >= 0.3 is 12.0 Å². The molecule has 1 atom stereocenters. The molecule has 0 aliphatic rings. The van der Waals surface area contributed by atoms with Gasteiger partial charge in [0.15, 0.2) is 0 Å². The smallest absolute Gasteiger partial charge is 0.326 e. The van der Waals surface area contributed by atoms with Crippen molar-refractivity contribution in [1.82, 2.24) is 5.32 Å². The van der Waals surface area contributed by atoms with Crippen molar-refractivity contribution in [1.29, 1.82) is 0 Å². The van der Waals surface area contributed by atoms with Crippen LogP contribution in [0.1, 0.15) is 20.8 Å². The summed E-state index contributed by atoms with van der Waals surface area (Å²) >= 11 is 5.76. The highest BCUT2D eigenvalue weighted by molar-refractivity contribution is 6.33. The van der Waals surface area contributed by atoms with Crippen molar-refractivity contribution in [3.63, 3.8) is 0 Å². The van der Waals surface area contributed by atoms with Gasteiger partial charge in [0, 0.05) is 0 Å². The molecule has 1 aromatic rings. The first kappa shape index (κ1) is 16.2. The van der Waals surface area contributed by atoms with Crippen LogP contribution in [0.2, 0.25) is 5.02 Å². The van der Waals surface area contributed by atoms with Crippen LogP contribution in [-0.2, 0) is 4.79 Å². The number of amides is 2. The lowest BCUT2D eigenvalue weighted by molar-refractivity contribution is -0.141. The molecule has 0 aliphatic carbocycles. The first-order valence-electron chi connectivity index (χ1n) is 5.86. The zero-order valence-electron chi connectivity index (χ0n) is 11.3. The molecule has 0 aromatic heterocycles. The van der Waals surface area contributed by atoms with Gasteiger partial charge in [-0.2, -0.15) is 0 Å². The summed E-state index contributed by atoms with van der Waals surface area (Å²) in [4.78, 5) is 22.9. The Morgan fingerprint density at radius 3 is 2.40 bits per heavy atom. The van der Waals surface area contributed by atoms with Crippen LogP contribution in [0.25, 0.3) is 0 Å². The molecule has 0 fully saturated rings. The molecule has 0 spiro atoms. The van der Waals surface area contributed by atoms with Crippen molar-refractivity contribution in [2.45, 2.75) is 26.8 Å². The molecule has 110 valence electrons. The van der Waals surface area contributed by atoms with Gasteiger partial charge in [0.25, 0.3) is 0 Å². The summed E-state index contributed by atoms with van der Waals surface area (Å²) in [7, 11) is 0. The number of nitrogens with one attached hydrogen (secondary N) is 2. The third-order valence-electron chi connectivity index (χ3n) is 2.57. The highest BCUT2D eigenvalue weighted by Gasteiger charge is 2.32. The van der Waals surface area contributed by atoms with Crippen LogP contribution in [0.5, 0.6) is 0 Å².